The number of fused-ring (bicyclic) bond motifs is 1. The number of nitrogens with zero attached hydrogens (tertiary/aromatic N) is 5. The van der Waals surface area contributed by atoms with Gasteiger partial charge in [-0.3, -0.25) is 14.1 Å². The predicted molar refractivity (Wildman–Crippen MR) is 104 cm³/mol. The van der Waals surface area contributed by atoms with Crippen LogP contribution in [0.25, 0.3) is 28.0 Å². The van der Waals surface area contributed by atoms with Crippen molar-refractivity contribution in [1.82, 2.24) is 29.5 Å². The molecule has 0 aliphatic heterocycles. The monoisotopic (exact) mass is 415 g/mol. The maximum atomic E-state index is 12.2. The second kappa shape index (κ2) is 7.50. The number of urea groups is 1. The van der Waals surface area contributed by atoms with E-state index in [-0.39, 0.29) is 5.69 Å². The summed E-state index contributed by atoms with van der Waals surface area (Å²) in [5, 5.41) is 8.26. The molecule has 0 aliphatic carbocycles. The number of nitrogens with one attached hydrogen (secondary N) is 2. The van der Waals surface area contributed by atoms with Gasteiger partial charge in [-0.25, -0.2) is 9.78 Å². The molecule has 0 fully saturated rings. The summed E-state index contributed by atoms with van der Waals surface area (Å²) in [5.74, 6) is 0. The van der Waals surface area contributed by atoms with Gasteiger partial charge in [0.05, 0.1) is 30.0 Å². The molecule has 0 aliphatic rings. The summed E-state index contributed by atoms with van der Waals surface area (Å²) >= 11 is 0. The Kier molecular flexibility index (Phi) is 4.86. The highest BCUT2D eigenvalue weighted by Crippen LogP contribution is 2.26. The second-order valence-electron chi connectivity index (χ2n) is 6.57. The average molecular weight is 415 g/mol. The Bertz CT molecular complexity index is 1210. The highest BCUT2D eigenvalue weighted by molar-refractivity contribution is 5.89. The van der Waals surface area contributed by atoms with Gasteiger partial charge in [-0.15, -0.1) is 0 Å². The van der Waals surface area contributed by atoms with E-state index in [1.54, 1.807) is 34.7 Å². The summed E-state index contributed by atoms with van der Waals surface area (Å²) in [6.07, 6.45) is 5.63. The molecule has 2 amide bonds. The van der Waals surface area contributed by atoms with E-state index in [0.29, 0.717) is 11.2 Å². The largest absolute Gasteiger partial charge is 0.405 e. The Balaban J connectivity index is 1.57. The highest BCUT2D eigenvalue weighted by Gasteiger charge is 2.27. The van der Waals surface area contributed by atoms with Crippen LogP contribution in [0, 0.1) is 0 Å². The number of aryl methyl sites for hydroxylation is 1. The minimum absolute atomic E-state index is 0.258. The third kappa shape index (κ3) is 4.24. The van der Waals surface area contributed by atoms with E-state index in [4.69, 9.17) is 0 Å². The number of halogens is 3. The molecular weight excluding hydrogens is 399 g/mol. The number of hydrogen-bond acceptors (Lipinski definition) is 4. The Hall–Kier alpha value is -3.89. The third-order valence-electron chi connectivity index (χ3n) is 4.29. The molecule has 4 aromatic heterocycles. The molecular formula is C19H16F3N7O. The zero-order chi connectivity index (χ0) is 21.3. The van der Waals surface area contributed by atoms with Gasteiger partial charge in [-0.2, -0.15) is 18.3 Å². The van der Waals surface area contributed by atoms with Gasteiger partial charge < -0.3 is 10.6 Å². The first-order chi connectivity index (χ1) is 14.3. The van der Waals surface area contributed by atoms with Crippen LogP contribution in [0.5, 0.6) is 0 Å². The molecule has 0 bridgehead atoms. The number of aromatic nitrogens is 5. The number of hydrogen-bond donors (Lipinski definition) is 2. The van der Waals surface area contributed by atoms with E-state index in [0.717, 1.165) is 16.8 Å². The normalized spacial score (nSPS) is 11.6. The van der Waals surface area contributed by atoms with Gasteiger partial charge in [-0.1, -0.05) is 0 Å². The number of amides is 2. The summed E-state index contributed by atoms with van der Waals surface area (Å²) in [5.41, 5.74) is 4.24. The van der Waals surface area contributed by atoms with Crippen LogP contribution in [-0.4, -0.2) is 42.9 Å². The number of pyridine rings is 2. The number of rotatable bonds is 4. The van der Waals surface area contributed by atoms with Gasteiger partial charge in [0.2, 0.25) is 0 Å². The first-order valence-corrected chi connectivity index (χ1v) is 8.82. The standard InChI is InChI=1S/C19H16F3N7O/c1-28-10-14(7-26-28)12-2-3-29-16(9-24-17(29)5-12)13-4-15(8-23-6-13)27-18(30)25-11-19(20,21)22/h2-10H,11H2,1H3,(H2,25,27,30). The molecule has 0 radical (unpaired) electrons. The fourth-order valence-electron chi connectivity index (χ4n) is 2.95. The zero-order valence-electron chi connectivity index (χ0n) is 15.7. The first-order valence-electron chi connectivity index (χ1n) is 8.82. The number of anilines is 1. The molecule has 0 saturated heterocycles. The van der Waals surface area contributed by atoms with Gasteiger partial charge in [0.1, 0.15) is 12.2 Å². The van der Waals surface area contributed by atoms with Crippen molar-refractivity contribution in [3.8, 4) is 22.4 Å². The third-order valence-corrected chi connectivity index (χ3v) is 4.29. The molecule has 11 heteroatoms. The van der Waals surface area contributed by atoms with Crippen LogP contribution in [0.3, 0.4) is 0 Å². The quantitative estimate of drug-likeness (QED) is 0.534. The van der Waals surface area contributed by atoms with Crippen LogP contribution >= 0.6 is 0 Å². The van der Waals surface area contributed by atoms with E-state index in [1.165, 1.54) is 6.20 Å². The molecule has 4 rings (SSSR count). The zero-order valence-corrected chi connectivity index (χ0v) is 15.7. The molecule has 0 saturated carbocycles. The minimum atomic E-state index is -4.48. The molecule has 4 heterocycles. The van der Waals surface area contributed by atoms with Crippen LogP contribution in [-0.2, 0) is 7.05 Å². The van der Waals surface area contributed by atoms with E-state index < -0.39 is 18.8 Å². The maximum Gasteiger partial charge on any atom is 0.405 e. The number of carbonyl (C=O) groups excluding carboxylic acids is 1. The molecule has 0 unspecified atom stereocenters. The number of imidazole rings is 1. The van der Waals surface area contributed by atoms with E-state index in [9.17, 15) is 18.0 Å². The van der Waals surface area contributed by atoms with Gasteiger partial charge >= 0.3 is 12.2 Å². The van der Waals surface area contributed by atoms with E-state index >= 15 is 0 Å². The summed E-state index contributed by atoms with van der Waals surface area (Å²) in [6, 6.07) is 4.49. The van der Waals surface area contributed by atoms with Crippen LogP contribution < -0.4 is 10.6 Å². The SMILES string of the molecule is Cn1cc(-c2ccn3c(-c4cncc(NC(=O)NCC(F)(F)F)c4)cnc3c2)cn1. The lowest BCUT2D eigenvalue weighted by atomic mass is 10.1. The molecule has 30 heavy (non-hydrogen) atoms. The van der Waals surface area contributed by atoms with Gasteiger partial charge in [0.25, 0.3) is 0 Å². The maximum absolute atomic E-state index is 12.2. The Morgan fingerprint density at radius 2 is 1.93 bits per heavy atom. The van der Waals surface area contributed by atoms with Gasteiger partial charge in [0.15, 0.2) is 0 Å². The van der Waals surface area contributed by atoms with Crippen molar-refractivity contribution in [1.29, 1.82) is 0 Å². The van der Waals surface area contributed by atoms with E-state index in [2.05, 4.69) is 20.4 Å². The highest BCUT2D eigenvalue weighted by atomic mass is 19.4. The van der Waals surface area contributed by atoms with Crippen LogP contribution in [0.2, 0.25) is 0 Å². The summed E-state index contributed by atoms with van der Waals surface area (Å²) in [6.45, 7) is -1.42. The topological polar surface area (TPSA) is 89.1 Å². The fourth-order valence-corrected chi connectivity index (χ4v) is 2.95. The summed E-state index contributed by atoms with van der Waals surface area (Å²) in [4.78, 5) is 20.1. The van der Waals surface area contributed by atoms with Crippen molar-refractivity contribution in [3.63, 3.8) is 0 Å². The van der Waals surface area contributed by atoms with Crippen molar-refractivity contribution in [3.05, 3.63) is 55.4 Å². The summed E-state index contributed by atoms with van der Waals surface area (Å²) < 4.78 is 40.2. The number of carbonyl (C=O) groups is 1. The smallest absolute Gasteiger partial charge is 0.329 e. The molecule has 2 N–H and O–H groups in total. The van der Waals surface area contributed by atoms with Gasteiger partial charge in [-0.05, 0) is 23.8 Å². The lowest BCUT2D eigenvalue weighted by Gasteiger charge is -2.10. The fraction of sp³-hybridized carbons (Fsp3) is 0.158. The van der Waals surface area contributed by atoms with Crippen molar-refractivity contribution >= 4 is 17.4 Å². The molecule has 0 spiro atoms. The first kappa shape index (κ1) is 19.4. The van der Waals surface area contributed by atoms with E-state index in [1.807, 2.05) is 36.0 Å². The molecule has 8 nitrogen and oxygen atoms in total. The summed E-state index contributed by atoms with van der Waals surface area (Å²) in [7, 11) is 1.84. The van der Waals surface area contributed by atoms with Crippen molar-refractivity contribution < 1.29 is 18.0 Å². The molecule has 154 valence electrons. The van der Waals surface area contributed by atoms with Crippen molar-refractivity contribution in [2.45, 2.75) is 6.18 Å². The average Bonchev–Trinajstić information content (AvgIpc) is 3.32. The predicted octanol–water partition coefficient (Wildman–Crippen LogP) is 3.48. The number of alkyl halides is 3. The van der Waals surface area contributed by atoms with Crippen LogP contribution in [0.4, 0.5) is 23.7 Å². The molecule has 0 aromatic carbocycles. The Morgan fingerprint density at radius 3 is 2.67 bits per heavy atom. The molecule has 0 atom stereocenters. The Morgan fingerprint density at radius 1 is 1.10 bits per heavy atom. The van der Waals surface area contributed by atoms with Crippen LogP contribution in [0.1, 0.15) is 0 Å². The molecule has 4 aromatic rings. The van der Waals surface area contributed by atoms with Gasteiger partial charge in [0, 0.05) is 36.8 Å². The van der Waals surface area contributed by atoms with Crippen molar-refractivity contribution in [2.75, 3.05) is 11.9 Å². The van der Waals surface area contributed by atoms with Crippen molar-refractivity contribution in [2.24, 2.45) is 7.05 Å². The second-order valence-corrected chi connectivity index (χ2v) is 6.57. The lowest BCUT2D eigenvalue weighted by Crippen LogP contribution is -2.36. The van der Waals surface area contributed by atoms with Crippen LogP contribution in [0.15, 0.2) is 55.4 Å². The minimum Gasteiger partial charge on any atom is -0.329 e. The Labute approximate surface area is 168 Å². The lowest BCUT2D eigenvalue weighted by molar-refractivity contribution is -0.122.